The monoisotopic (exact) mass is 473 g/mol. The van der Waals surface area contributed by atoms with Crippen LogP contribution in [0.1, 0.15) is 22.8 Å². The van der Waals surface area contributed by atoms with Crippen molar-refractivity contribution in [1.29, 1.82) is 5.26 Å². The van der Waals surface area contributed by atoms with Crippen molar-refractivity contribution in [2.75, 3.05) is 24.4 Å². The Hall–Kier alpha value is -4.84. The Morgan fingerprint density at radius 2 is 1.69 bits per heavy atom. The van der Waals surface area contributed by atoms with Crippen LogP contribution in [-0.2, 0) is 14.3 Å². The van der Waals surface area contributed by atoms with Crippen molar-refractivity contribution in [3.63, 3.8) is 0 Å². The molecule has 2 amide bonds. The average molecular weight is 473 g/mol. The smallest absolute Gasteiger partial charge is 0.338 e. The molecule has 1 unspecified atom stereocenters. The number of para-hydroxylation sites is 1. The van der Waals surface area contributed by atoms with Crippen molar-refractivity contribution < 1.29 is 28.6 Å². The van der Waals surface area contributed by atoms with Gasteiger partial charge in [-0.1, -0.05) is 18.2 Å². The standard InChI is InChI=1S/C26H23N3O6/c1-17(25(31)29-23-9-4-3-6-19(23)15-27)35-26(32)18-10-12-21(13-11-18)34-16-24(30)28-20-7-5-8-22(14-20)33-2/h3-14,17H,16H2,1-2H3,(H,28,30)(H,29,31). The fourth-order valence-electron chi connectivity index (χ4n) is 2.94. The molecule has 0 fully saturated rings. The summed E-state index contributed by atoms with van der Waals surface area (Å²) < 4.78 is 15.8. The van der Waals surface area contributed by atoms with Gasteiger partial charge in [-0.2, -0.15) is 5.26 Å². The first kappa shape index (κ1) is 24.8. The molecule has 1 atom stereocenters. The van der Waals surface area contributed by atoms with Gasteiger partial charge < -0.3 is 24.8 Å². The number of carbonyl (C=O) groups is 3. The van der Waals surface area contributed by atoms with E-state index in [1.54, 1.807) is 48.5 Å². The number of amides is 2. The molecule has 0 saturated heterocycles. The average Bonchev–Trinajstić information content (AvgIpc) is 2.88. The van der Waals surface area contributed by atoms with Crippen molar-refractivity contribution in [1.82, 2.24) is 0 Å². The number of methoxy groups -OCH3 is 1. The summed E-state index contributed by atoms with van der Waals surface area (Å²) in [6.45, 7) is 1.20. The number of anilines is 2. The molecule has 3 rings (SSSR count). The highest BCUT2D eigenvalue weighted by Crippen LogP contribution is 2.18. The Kier molecular flexibility index (Phi) is 8.40. The van der Waals surface area contributed by atoms with E-state index in [4.69, 9.17) is 19.5 Å². The SMILES string of the molecule is COc1cccc(NC(=O)COc2ccc(C(=O)OC(C)C(=O)Nc3ccccc3C#N)cc2)c1. The summed E-state index contributed by atoms with van der Waals surface area (Å²) in [6, 6.07) is 21.4. The van der Waals surface area contributed by atoms with Crippen molar-refractivity contribution >= 4 is 29.2 Å². The Morgan fingerprint density at radius 3 is 2.40 bits per heavy atom. The van der Waals surface area contributed by atoms with E-state index >= 15 is 0 Å². The van der Waals surface area contributed by atoms with Crippen molar-refractivity contribution in [3.8, 4) is 17.6 Å². The maximum Gasteiger partial charge on any atom is 0.338 e. The summed E-state index contributed by atoms with van der Waals surface area (Å²) in [5.41, 5.74) is 1.41. The second-order valence-electron chi connectivity index (χ2n) is 7.29. The quantitative estimate of drug-likeness (QED) is 0.453. The van der Waals surface area contributed by atoms with Crippen LogP contribution in [0.2, 0.25) is 0 Å². The third-order valence-corrected chi connectivity index (χ3v) is 4.77. The van der Waals surface area contributed by atoms with Crippen LogP contribution in [-0.4, -0.2) is 37.6 Å². The number of hydrogen-bond donors (Lipinski definition) is 2. The predicted molar refractivity (Wildman–Crippen MR) is 128 cm³/mol. The van der Waals surface area contributed by atoms with Gasteiger partial charge in [-0.05, 0) is 55.5 Å². The first-order chi connectivity index (χ1) is 16.9. The van der Waals surface area contributed by atoms with Gasteiger partial charge in [-0.3, -0.25) is 9.59 Å². The highest BCUT2D eigenvalue weighted by Gasteiger charge is 2.20. The molecule has 3 aromatic carbocycles. The number of carbonyl (C=O) groups excluding carboxylic acids is 3. The minimum absolute atomic E-state index is 0.204. The van der Waals surface area contributed by atoms with E-state index in [1.165, 1.54) is 38.3 Å². The molecule has 0 bridgehead atoms. The molecular formula is C26H23N3O6. The number of nitriles is 1. The number of esters is 1. The molecule has 0 radical (unpaired) electrons. The minimum atomic E-state index is -1.09. The van der Waals surface area contributed by atoms with Gasteiger partial charge in [0.05, 0.1) is 23.9 Å². The van der Waals surface area contributed by atoms with E-state index in [-0.39, 0.29) is 18.1 Å². The molecule has 3 aromatic rings. The fraction of sp³-hybridized carbons (Fsp3) is 0.154. The van der Waals surface area contributed by atoms with Gasteiger partial charge in [0.2, 0.25) is 0 Å². The van der Waals surface area contributed by atoms with Gasteiger partial charge in [0.15, 0.2) is 12.7 Å². The summed E-state index contributed by atoms with van der Waals surface area (Å²) in [5, 5.41) is 14.4. The van der Waals surface area contributed by atoms with E-state index in [0.29, 0.717) is 28.4 Å². The number of benzene rings is 3. The maximum atomic E-state index is 12.4. The third kappa shape index (κ3) is 7.07. The van der Waals surface area contributed by atoms with Gasteiger partial charge in [-0.25, -0.2) is 4.79 Å². The Morgan fingerprint density at radius 1 is 0.943 bits per heavy atom. The van der Waals surface area contributed by atoms with Crippen LogP contribution >= 0.6 is 0 Å². The highest BCUT2D eigenvalue weighted by atomic mass is 16.5. The number of ether oxygens (including phenoxy) is 3. The maximum absolute atomic E-state index is 12.4. The van der Waals surface area contributed by atoms with E-state index in [0.717, 1.165) is 0 Å². The van der Waals surface area contributed by atoms with E-state index in [2.05, 4.69) is 10.6 Å². The molecule has 2 N–H and O–H groups in total. The zero-order valence-corrected chi connectivity index (χ0v) is 19.1. The lowest BCUT2D eigenvalue weighted by molar-refractivity contribution is -0.123. The van der Waals surface area contributed by atoms with Crippen LogP contribution in [0.15, 0.2) is 72.8 Å². The van der Waals surface area contributed by atoms with Crippen molar-refractivity contribution in [2.45, 2.75) is 13.0 Å². The van der Waals surface area contributed by atoms with Gasteiger partial charge in [-0.15, -0.1) is 0 Å². The molecule has 0 aliphatic carbocycles. The topological polar surface area (TPSA) is 127 Å². The van der Waals surface area contributed by atoms with Crippen LogP contribution < -0.4 is 20.1 Å². The van der Waals surface area contributed by atoms with Crippen LogP contribution in [0.25, 0.3) is 0 Å². The van der Waals surface area contributed by atoms with E-state index < -0.39 is 18.0 Å². The van der Waals surface area contributed by atoms with Gasteiger partial charge >= 0.3 is 5.97 Å². The third-order valence-electron chi connectivity index (χ3n) is 4.77. The number of nitrogens with zero attached hydrogens (tertiary/aromatic N) is 1. The molecule has 0 saturated carbocycles. The molecule has 0 aliphatic heterocycles. The molecule has 0 heterocycles. The van der Waals surface area contributed by atoms with E-state index in [9.17, 15) is 14.4 Å². The molecule has 0 aromatic heterocycles. The zero-order chi connectivity index (χ0) is 25.2. The molecule has 0 aliphatic rings. The second kappa shape index (κ2) is 11.9. The van der Waals surface area contributed by atoms with Crippen molar-refractivity contribution in [3.05, 3.63) is 83.9 Å². The number of hydrogen-bond acceptors (Lipinski definition) is 7. The number of rotatable bonds is 9. The summed E-state index contributed by atoms with van der Waals surface area (Å²) in [6.07, 6.45) is -1.09. The van der Waals surface area contributed by atoms with Crippen LogP contribution in [0.4, 0.5) is 11.4 Å². The predicted octanol–water partition coefficient (Wildman–Crippen LogP) is 3.77. The lowest BCUT2D eigenvalue weighted by atomic mass is 10.2. The largest absolute Gasteiger partial charge is 0.497 e. The Bertz CT molecular complexity index is 1250. The molecule has 178 valence electrons. The fourth-order valence-corrected chi connectivity index (χ4v) is 2.94. The molecule has 0 spiro atoms. The Balaban J connectivity index is 1.49. The zero-order valence-electron chi connectivity index (χ0n) is 19.1. The summed E-state index contributed by atoms with van der Waals surface area (Å²) in [5.74, 6) is -0.641. The molecule has 35 heavy (non-hydrogen) atoms. The molecular weight excluding hydrogens is 450 g/mol. The lowest BCUT2D eigenvalue weighted by Gasteiger charge is -2.14. The lowest BCUT2D eigenvalue weighted by Crippen LogP contribution is -2.30. The number of nitrogens with one attached hydrogen (secondary N) is 2. The van der Waals surface area contributed by atoms with Crippen LogP contribution in [0.5, 0.6) is 11.5 Å². The molecule has 9 nitrogen and oxygen atoms in total. The first-order valence-corrected chi connectivity index (χ1v) is 10.6. The second-order valence-corrected chi connectivity index (χ2v) is 7.29. The summed E-state index contributed by atoms with van der Waals surface area (Å²) in [4.78, 5) is 36.9. The Labute approximate surface area is 202 Å². The minimum Gasteiger partial charge on any atom is -0.497 e. The highest BCUT2D eigenvalue weighted by molar-refractivity contribution is 5.98. The van der Waals surface area contributed by atoms with Crippen molar-refractivity contribution in [2.24, 2.45) is 0 Å². The normalized spacial score (nSPS) is 10.9. The van der Waals surface area contributed by atoms with Gasteiger partial charge in [0, 0.05) is 11.8 Å². The summed E-state index contributed by atoms with van der Waals surface area (Å²) >= 11 is 0. The summed E-state index contributed by atoms with van der Waals surface area (Å²) in [7, 11) is 1.54. The van der Waals surface area contributed by atoms with Crippen LogP contribution in [0.3, 0.4) is 0 Å². The van der Waals surface area contributed by atoms with Gasteiger partial charge in [0.25, 0.3) is 11.8 Å². The molecule has 9 heteroatoms. The van der Waals surface area contributed by atoms with Crippen LogP contribution in [0, 0.1) is 11.3 Å². The van der Waals surface area contributed by atoms with E-state index in [1.807, 2.05) is 6.07 Å². The first-order valence-electron chi connectivity index (χ1n) is 10.6. The van der Waals surface area contributed by atoms with Gasteiger partial charge in [0.1, 0.15) is 17.6 Å².